The van der Waals surface area contributed by atoms with Crippen molar-refractivity contribution in [2.45, 2.75) is 33.1 Å². The molecule has 106 valence electrons. The predicted octanol–water partition coefficient (Wildman–Crippen LogP) is 3.54. The minimum absolute atomic E-state index is 0.779. The second-order valence-electron chi connectivity index (χ2n) is 5.53. The van der Waals surface area contributed by atoms with Gasteiger partial charge in [-0.05, 0) is 47.0 Å². The molecule has 0 saturated carbocycles. The van der Waals surface area contributed by atoms with E-state index in [4.69, 9.17) is 0 Å². The largest absolute Gasteiger partial charge is 0.372 e. The minimum Gasteiger partial charge on any atom is -0.372 e. The minimum atomic E-state index is 0.779. The Labute approximate surface area is 124 Å². The van der Waals surface area contributed by atoms with Gasteiger partial charge in [-0.1, -0.05) is 13.8 Å². The Kier molecular flexibility index (Phi) is 5.02. The normalized spacial score (nSPS) is 20.5. The lowest BCUT2D eigenvalue weighted by molar-refractivity contribution is 0.351. The molecule has 19 heavy (non-hydrogen) atoms. The molecule has 1 aromatic heterocycles. The van der Waals surface area contributed by atoms with Crippen molar-refractivity contribution in [2.75, 3.05) is 30.4 Å². The molecule has 0 radical (unpaired) electrons. The van der Waals surface area contributed by atoms with Crippen LogP contribution in [0.5, 0.6) is 0 Å². The summed E-state index contributed by atoms with van der Waals surface area (Å²) in [6, 6.07) is 0. The van der Waals surface area contributed by atoms with Crippen molar-refractivity contribution in [3.8, 4) is 0 Å². The summed E-state index contributed by atoms with van der Waals surface area (Å²) in [5, 5.41) is 3.09. The molecule has 1 aromatic rings. The highest BCUT2D eigenvalue weighted by molar-refractivity contribution is 9.10. The average Bonchev–Trinajstić information content (AvgIpc) is 2.65. The molecule has 1 fully saturated rings. The molecule has 1 aliphatic rings. The van der Waals surface area contributed by atoms with Crippen LogP contribution in [0.1, 0.15) is 33.1 Å². The summed E-state index contributed by atoms with van der Waals surface area (Å²) in [5.74, 6) is 3.49. The summed E-state index contributed by atoms with van der Waals surface area (Å²) in [5.41, 5.74) is 0. The number of nitrogens with one attached hydrogen (secondary N) is 1. The lowest BCUT2D eigenvalue weighted by Gasteiger charge is -2.24. The fraction of sp³-hybridized carbons (Fsp3) is 0.714. The van der Waals surface area contributed by atoms with Gasteiger partial charge in [0.1, 0.15) is 22.4 Å². The number of hydrogen-bond donors (Lipinski definition) is 1. The van der Waals surface area contributed by atoms with E-state index in [2.05, 4.69) is 50.0 Å². The SMILES string of the molecule is CNc1ncnc(N2CCCC(C(C)C)CC2)c1Br. The van der Waals surface area contributed by atoms with Crippen LogP contribution in [-0.2, 0) is 0 Å². The zero-order valence-corrected chi connectivity index (χ0v) is 13.6. The van der Waals surface area contributed by atoms with E-state index in [-0.39, 0.29) is 0 Å². The van der Waals surface area contributed by atoms with Crippen molar-refractivity contribution < 1.29 is 0 Å². The Balaban J connectivity index is 2.14. The van der Waals surface area contributed by atoms with E-state index in [1.165, 1.54) is 19.3 Å². The molecule has 2 rings (SSSR count). The van der Waals surface area contributed by atoms with E-state index in [9.17, 15) is 0 Å². The van der Waals surface area contributed by atoms with Crippen LogP contribution in [0.3, 0.4) is 0 Å². The first-order valence-corrected chi connectivity index (χ1v) is 7.86. The molecule has 1 N–H and O–H groups in total. The van der Waals surface area contributed by atoms with Crippen LogP contribution in [-0.4, -0.2) is 30.1 Å². The smallest absolute Gasteiger partial charge is 0.148 e. The first-order valence-electron chi connectivity index (χ1n) is 7.06. The van der Waals surface area contributed by atoms with Crippen molar-refractivity contribution in [1.82, 2.24) is 9.97 Å². The first-order chi connectivity index (χ1) is 9.13. The molecule has 1 unspecified atom stereocenters. The first kappa shape index (κ1) is 14.6. The molecule has 0 amide bonds. The zero-order chi connectivity index (χ0) is 13.8. The van der Waals surface area contributed by atoms with Crippen LogP contribution in [0.25, 0.3) is 0 Å². The maximum Gasteiger partial charge on any atom is 0.148 e. The standard InChI is InChI=1S/C14H23BrN4/c1-10(2)11-5-4-7-19(8-6-11)14-12(15)13(16-3)17-9-18-14/h9-11H,4-8H2,1-3H3,(H,16,17,18). The molecular formula is C14H23BrN4. The van der Waals surface area contributed by atoms with Crippen molar-refractivity contribution in [1.29, 1.82) is 0 Å². The number of anilines is 2. The lowest BCUT2D eigenvalue weighted by atomic mass is 9.89. The van der Waals surface area contributed by atoms with Gasteiger partial charge in [-0.15, -0.1) is 0 Å². The van der Waals surface area contributed by atoms with Crippen LogP contribution in [0.2, 0.25) is 0 Å². The Morgan fingerprint density at radius 3 is 2.79 bits per heavy atom. The molecule has 1 aliphatic heterocycles. The summed E-state index contributed by atoms with van der Waals surface area (Å²) >= 11 is 3.62. The molecular weight excluding hydrogens is 304 g/mol. The van der Waals surface area contributed by atoms with Crippen molar-refractivity contribution in [3.05, 3.63) is 10.8 Å². The third-order valence-corrected chi connectivity index (χ3v) is 4.75. The van der Waals surface area contributed by atoms with Gasteiger partial charge in [0, 0.05) is 20.1 Å². The van der Waals surface area contributed by atoms with Gasteiger partial charge < -0.3 is 10.2 Å². The summed E-state index contributed by atoms with van der Waals surface area (Å²) in [6.45, 7) is 6.84. The highest BCUT2D eigenvalue weighted by atomic mass is 79.9. The van der Waals surface area contributed by atoms with Crippen molar-refractivity contribution in [3.63, 3.8) is 0 Å². The molecule has 0 aliphatic carbocycles. The number of rotatable bonds is 3. The third kappa shape index (κ3) is 3.38. The van der Waals surface area contributed by atoms with Crippen LogP contribution in [0.4, 0.5) is 11.6 Å². The maximum absolute atomic E-state index is 4.45. The molecule has 1 atom stereocenters. The lowest BCUT2D eigenvalue weighted by Crippen LogP contribution is -2.26. The fourth-order valence-corrected chi connectivity index (χ4v) is 3.41. The summed E-state index contributed by atoms with van der Waals surface area (Å²) in [7, 11) is 1.88. The van der Waals surface area contributed by atoms with Crippen LogP contribution in [0, 0.1) is 11.8 Å². The van der Waals surface area contributed by atoms with Crippen LogP contribution >= 0.6 is 15.9 Å². The number of nitrogens with zero attached hydrogens (tertiary/aromatic N) is 3. The fourth-order valence-electron chi connectivity index (χ4n) is 2.76. The van der Waals surface area contributed by atoms with Crippen LogP contribution in [0.15, 0.2) is 10.8 Å². The summed E-state index contributed by atoms with van der Waals surface area (Å²) in [6.07, 6.45) is 5.46. The van der Waals surface area contributed by atoms with Gasteiger partial charge >= 0.3 is 0 Å². The summed E-state index contributed by atoms with van der Waals surface area (Å²) < 4.78 is 0.973. The molecule has 1 saturated heterocycles. The second-order valence-corrected chi connectivity index (χ2v) is 6.32. The van der Waals surface area contributed by atoms with E-state index < -0.39 is 0 Å². The van der Waals surface area contributed by atoms with Gasteiger partial charge in [0.15, 0.2) is 0 Å². The van der Waals surface area contributed by atoms with E-state index in [0.717, 1.165) is 41.0 Å². The van der Waals surface area contributed by atoms with Crippen LogP contribution < -0.4 is 10.2 Å². The highest BCUT2D eigenvalue weighted by Gasteiger charge is 2.22. The van der Waals surface area contributed by atoms with E-state index in [0.29, 0.717) is 0 Å². The Bertz CT molecular complexity index is 422. The molecule has 2 heterocycles. The Hall–Kier alpha value is -0.840. The summed E-state index contributed by atoms with van der Waals surface area (Å²) in [4.78, 5) is 11.1. The monoisotopic (exact) mass is 326 g/mol. The van der Waals surface area contributed by atoms with Gasteiger partial charge in [0.05, 0.1) is 0 Å². The number of hydrogen-bond acceptors (Lipinski definition) is 4. The Morgan fingerprint density at radius 1 is 1.32 bits per heavy atom. The molecule has 4 nitrogen and oxygen atoms in total. The average molecular weight is 327 g/mol. The van der Waals surface area contributed by atoms with Gasteiger partial charge in [0.2, 0.25) is 0 Å². The van der Waals surface area contributed by atoms with Gasteiger partial charge in [-0.25, -0.2) is 9.97 Å². The quantitative estimate of drug-likeness (QED) is 0.922. The maximum atomic E-state index is 4.45. The molecule has 0 spiro atoms. The third-order valence-electron chi connectivity index (χ3n) is 4.02. The van der Waals surface area contributed by atoms with Crippen molar-refractivity contribution in [2.24, 2.45) is 11.8 Å². The molecule has 0 bridgehead atoms. The van der Waals surface area contributed by atoms with Gasteiger partial charge in [-0.3, -0.25) is 0 Å². The van der Waals surface area contributed by atoms with E-state index in [1.54, 1.807) is 6.33 Å². The predicted molar refractivity (Wildman–Crippen MR) is 83.7 cm³/mol. The number of aromatic nitrogens is 2. The zero-order valence-electron chi connectivity index (χ0n) is 12.0. The second kappa shape index (κ2) is 6.55. The topological polar surface area (TPSA) is 41.1 Å². The highest BCUT2D eigenvalue weighted by Crippen LogP contribution is 2.32. The Morgan fingerprint density at radius 2 is 2.11 bits per heavy atom. The molecule has 5 heteroatoms. The van der Waals surface area contributed by atoms with Gasteiger partial charge in [0.25, 0.3) is 0 Å². The van der Waals surface area contributed by atoms with E-state index in [1.807, 2.05) is 7.05 Å². The van der Waals surface area contributed by atoms with E-state index >= 15 is 0 Å². The van der Waals surface area contributed by atoms with Gasteiger partial charge in [-0.2, -0.15) is 0 Å². The molecule has 0 aromatic carbocycles. The number of halogens is 1. The van der Waals surface area contributed by atoms with Crippen molar-refractivity contribution >= 4 is 27.6 Å².